The number of nitrogens with zero attached hydrogens (tertiary/aromatic N) is 2. The van der Waals surface area contributed by atoms with Gasteiger partial charge in [-0.05, 0) is 18.6 Å². The number of halogens is 3. The molecule has 0 bridgehead atoms. The van der Waals surface area contributed by atoms with Crippen LogP contribution in [0, 0.1) is 0 Å². The summed E-state index contributed by atoms with van der Waals surface area (Å²) in [7, 11) is -4.60. The molecule has 22 heavy (non-hydrogen) atoms. The lowest BCUT2D eigenvalue weighted by molar-refractivity contribution is -0.291. The maximum Gasteiger partial charge on any atom is 0.439 e. The predicted molar refractivity (Wildman–Crippen MR) is 73.4 cm³/mol. The van der Waals surface area contributed by atoms with Crippen LogP contribution in [0.25, 0.3) is 0 Å². The zero-order chi connectivity index (χ0) is 16.6. The molecule has 0 amide bonds. The summed E-state index contributed by atoms with van der Waals surface area (Å²) in [6.07, 6.45) is -5.37. The van der Waals surface area contributed by atoms with E-state index in [0.717, 1.165) is 12.1 Å². The fraction of sp³-hybridized carbons (Fsp3) is 0.462. The number of hydrogen-bond donors (Lipinski definition) is 1. The molecule has 2 rings (SSSR count). The van der Waals surface area contributed by atoms with E-state index in [-0.39, 0.29) is 21.4 Å². The standard InChI is InChI=1S/C13H15F3N2O3S/c1-2-6-10-9-12(19,13(14,15)16)18(17-10)22(20,21)11-7-4-3-5-8-11/h3-5,7-8,19H,2,6,9H2,1H3. The molecule has 1 aliphatic rings. The molecular formula is C13H15F3N2O3S. The van der Waals surface area contributed by atoms with Gasteiger partial charge in [-0.15, -0.1) is 4.41 Å². The van der Waals surface area contributed by atoms with Crippen LogP contribution in [0.5, 0.6) is 0 Å². The van der Waals surface area contributed by atoms with Gasteiger partial charge in [0, 0.05) is 12.1 Å². The number of benzene rings is 1. The smallest absolute Gasteiger partial charge is 0.361 e. The second-order valence-electron chi connectivity index (χ2n) is 4.97. The van der Waals surface area contributed by atoms with Crippen LogP contribution >= 0.6 is 0 Å². The minimum absolute atomic E-state index is 0.00170. The van der Waals surface area contributed by atoms with E-state index < -0.39 is 28.3 Å². The van der Waals surface area contributed by atoms with E-state index in [0.29, 0.717) is 6.42 Å². The van der Waals surface area contributed by atoms with Gasteiger partial charge >= 0.3 is 6.18 Å². The Morgan fingerprint density at radius 2 is 1.91 bits per heavy atom. The molecule has 1 aromatic rings. The zero-order valence-electron chi connectivity index (χ0n) is 11.7. The third kappa shape index (κ3) is 2.70. The maximum atomic E-state index is 13.2. The van der Waals surface area contributed by atoms with Crippen LogP contribution < -0.4 is 0 Å². The van der Waals surface area contributed by atoms with E-state index in [1.165, 1.54) is 18.2 Å². The summed E-state index contributed by atoms with van der Waals surface area (Å²) in [5.74, 6) is 0. The molecule has 1 N–H and O–H groups in total. The first-order valence-corrected chi connectivity index (χ1v) is 8.03. The summed E-state index contributed by atoms with van der Waals surface area (Å²) >= 11 is 0. The van der Waals surface area contributed by atoms with Gasteiger partial charge in [-0.3, -0.25) is 0 Å². The topological polar surface area (TPSA) is 70.0 Å². The molecular weight excluding hydrogens is 321 g/mol. The third-order valence-electron chi connectivity index (χ3n) is 3.26. The van der Waals surface area contributed by atoms with Crippen molar-refractivity contribution in [2.45, 2.75) is 43.0 Å². The summed E-state index contributed by atoms with van der Waals surface area (Å²) in [5, 5.41) is 13.5. The van der Waals surface area contributed by atoms with Crippen LogP contribution in [0.2, 0.25) is 0 Å². The van der Waals surface area contributed by atoms with Gasteiger partial charge < -0.3 is 5.11 Å². The molecule has 1 aromatic carbocycles. The molecule has 0 saturated heterocycles. The number of hydrogen-bond acceptors (Lipinski definition) is 4. The highest BCUT2D eigenvalue weighted by atomic mass is 32.2. The van der Waals surface area contributed by atoms with Gasteiger partial charge in [0.1, 0.15) is 0 Å². The normalized spacial score (nSPS) is 22.8. The molecule has 0 aliphatic carbocycles. The number of hydrazone groups is 1. The summed E-state index contributed by atoms with van der Waals surface area (Å²) in [4.78, 5) is -0.362. The molecule has 0 aromatic heterocycles. The quantitative estimate of drug-likeness (QED) is 0.918. The minimum Gasteiger partial charge on any atom is -0.361 e. The van der Waals surface area contributed by atoms with Crippen molar-refractivity contribution in [1.29, 1.82) is 0 Å². The Kier molecular flexibility index (Phi) is 4.22. The summed E-state index contributed by atoms with van der Waals surface area (Å²) in [6.45, 7) is 1.73. The maximum absolute atomic E-state index is 13.2. The lowest BCUT2D eigenvalue weighted by atomic mass is 10.0. The first-order chi connectivity index (χ1) is 10.1. The summed E-state index contributed by atoms with van der Waals surface area (Å²) in [5.41, 5.74) is -3.55. The van der Waals surface area contributed by atoms with Crippen molar-refractivity contribution in [3.05, 3.63) is 30.3 Å². The van der Waals surface area contributed by atoms with E-state index in [9.17, 15) is 26.7 Å². The van der Waals surface area contributed by atoms with Crippen molar-refractivity contribution in [2.24, 2.45) is 5.10 Å². The Bertz CT molecular complexity index is 674. The molecule has 1 unspecified atom stereocenters. The average molecular weight is 336 g/mol. The molecule has 0 fully saturated rings. The van der Waals surface area contributed by atoms with Crippen LogP contribution in [-0.2, 0) is 10.0 Å². The molecule has 0 radical (unpaired) electrons. The molecule has 1 aliphatic heterocycles. The third-order valence-corrected chi connectivity index (χ3v) is 4.97. The number of aliphatic hydroxyl groups is 1. The minimum atomic E-state index is -5.16. The Balaban J connectivity index is 2.53. The summed E-state index contributed by atoms with van der Waals surface area (Å²) < 4.78 is 64.3. The van der Waals surface area contributed by atoms with Gasteiger partial charge in [-0.2, -0.15) is 26.7 Å². The molecule has 9 heteroatoms. The van der Waals surface area contributed by atoms with Crippen LogP contribution in [0.15, 0.2) is 40.3 Å². The lowest BCUT2D eigenvalue weighted by Gasteiger charge is -2.33. The highest BCUT2D eigenvalue weighted by Gasteiger charge is 2.64. The Hall–Kier alpha value is -1.61. The largest absolute Gasteiger partial charge is 0.439 e. The molecule has 0 spiro atoms. The lowest BCUT2D eigenvalue weighted by Crippen LogP contribution is -2.56. The van der Waals surface area contributed by atoms with E-state index >= 15 is 0 Å². The zero-order valence-corrected chi connectivity index (χ0v) is 12.5. The van der Waals surface area contributed by atoms with Gasteiger partial charge in [0.25, 0.3) is 15.7 Å². The Morgan fingerprint density at radius 3 is 2.41 bits per heavy atom. The first-order valence-electron chi connectivity index (χ1n) is 6.59. The van der Waals surface area contributed by atoms with Crippen molar-refractivity contribution in [1.82, 2.24) is 4.41 Å². The van der Waals surface area contributed by atoms with Gasteiger partial charge in [0.15, 0.2) is 0 Å². The van der Waals surface area contributed by atoms with Gasteiger partial charge in [0.05, 0.1) is 4.90 Å². The highest BCUT2D eigenvalue weighted by Crippen LogP contribution is 2.43. The van der Waals surface area contributed by atoms with E-state index in [1.54, 1.807) is 6.92 Å². The number of rotatable bonds is 4. The van der Waals surface area contributed by atoms with Crippen LogP contribution in [-0.4, -0.2) is 35.6 Å². The Labute approximate surface area is 126 Å². The van der Waals surface area contributed by atoms with Crippen LogP contribution in [0.1, 0.15) is 26.2 Å². The van der Waals surface area contributed by atoms with Crippen molar-refractivity contribution >= 4 is 15.7 Å². The SMILES string of the molecule is CCCC1=NN(S(=O)(=O)c2ccccc2)C(O)(C(F)(F)F)C1. The van der Waals surface area contributed by atoms with Crippen molar-refractivity contribution in [2.75, 3.05) is 0 Å². The molecule has 122 valence electrons. The van der Waals surface area contributed by atoms with Crippen LogP contribution in [0.4, 0.5) is 13.2 Å². The predicted octanol–water partition coefficient (Wildman–Crippen LogP) is 2.49. The van der Waals surface area contributed by atoms with Crippen molar-refractivity contribution in [3.63, 3.8) is 0 Å². The molecule has 5 nitrogen and oxygen atoms in total. The van der Waals surface area contributed by atoms with E-state index in [2.05, 4.69) is 5.10 Å². The first kappa shape index (κ1) is 16.8. The van der Waals surface area contributed by atoms with Gasteiger partial charge in [-0.25, -0.2) is 0 Å². The second kappa shape index (κ2) is 5.54. The summed E-state index contributed by atoms with van der Waals surface area (Å²) in [6, 6.07) is 6.60. The fourth-order valence-electron chi connectivity index (χ4n) is 2.18. The second-order valence-corrected chi connectivity index (χ2v) is 6.74. The molecule has 1 heterocycles. The monoisotopic (exact) mass is 336 g/mol. The highest BCUT2D eigenvalue weighted by molar-refractivity contribution is 7.89. The molecule has 1 atom stereocenters. The van der Waals surface area contributed by atoms with Gasteiger partial charge in [-0.1, -0.05) is 31.5 Å². The average Bonchev–Trinajstić information content (AvgIpc) is 2.79. The Morgan fingerprint density at radius 1 is 1.32 bits per heavy atom. The fourth-order valence-corrected chi connectivity index (χ4v) is 3.67. The molecule has 0 saturated carbocycles. The van der Waals surface area contributed by atoms with E-state index in [4.69, 9.17) is 0 Å². The van der Waals surface area contributed by atoms with Crippen molar-refractivity contribution < 1.29 is 26.7 Å². The van der Waals surface area contributed by atoms with Crippen LogP contribution in [0.3, 0.4) is 0 Å². The van der Waals surface area contributed by atoms with Gasteiger partial charge in [0.2, 0.25) is 0 Å². The number of sulfonamides is 1. The van der Waals surface area contributed by atoms with Crippen molar-refractivity contribution in [3.8, 4) is 0 Å². The van der Waals surface area contributed by atoms with E-state index in [1.807, 2.05) is 0 Å². The number of alkyl halides is 3.